The molecule has 0 aromatic carbocycles. The molecule has 17 heavy (non-hydrogen) atoms. The van der Waals surface area contributed by atoms with E-state index in [-0.39, 0.29) is 0 Å². The minimum atomic E-state index is 0.699. The molecule has 0 aliphatic carbocycles. The Labute approximate surface area is 110 Å². The van der Waals surface area contributed by atoms with Gasteiger partial charge in [0, 0.05) is 6.04 Å². The Balaban J connectivity index is 3.27. The molecule has 1 heteroatoms. The van der Waals surface area contributed by atoms with Crippen LogP contribution in [-0.2, 0) is 0 Å². The van der Waals surface area contributed by atoms with Crippen LogP contribution in [0.4, 0.5) is 0 Å². The number of rotatable bonds is 12. The molecule has 0 rings (SSSR count). The smallest absolute Gasteiger partial charge is 0.00667 e. The van der Waals surface area contributed by atoms with Crippen molar-refractivity contribution in [2.75, 3.05) is 6.54 Å². The van der Waals surface area contributed by atoms with E-state index in [2.05, 4.69) is 33.0 Å². The molecule has 0 fully saturated rings. The Hall–Kier alpha value is -0.0400. The van der Waals surface area contributed by atoms with Gasteiger partial charge >= 0.3 is 0 Å². The zero-order valence-electron chi connectivity index (χ0n) is 12.7. The summed E-state index contributed by atoms with van der Waals surface area (Å²) < 4.78 is 0. The number of unbranched alkanes of at least 4 members (excludes halogenated alkanes) is 6. The molecule has 0 aliphatic rings. The predicted octanol–water partition coefficient (Wildman–Crippen LogP) is 5.15. The van der Waals surface area contributed by atoms with Crippen molar-refractivity contribution < 1.29 is 0 Å². The van der Waals surface area contributed by atoms with Crippen molar-refractivity contribution in [2.24, 2.45) is 5.92 Å². The minimum absolute atomic E-state index is 0.699. The Morgan fingerprint density at radius 3 is 1.82 bits per heavy atom. The lowest BCUT2D eigenvalue weighted by Gasteiger charge is -2.22. The minimum Gasteiger partial charge on any atom is -0.314 e. The molecular weight excluding hydrogens is 206 g/mol. The number of nitrogens with one attached hydrogen (secondary N) is 1. The molecule has 0 amide bonds. The maximum absolute atomic E-state index is 3.69. The standard InChI is InChI=1S/C16H35N/c1-5-8-9-10-11-12-13-14-17-15(4)16(6-2)7-3/h15-17H,5-14H2,1-4H3. The van der Waals surface area contributed by atoms with Gasteiger partial charge in [-0.15, -0.1) is 0 Å². The average molecular weight is 241 g/mol. The van der Waals surface area contributed by atoms with Gasteiger partial charge in [-0.3, -0.25) is 0 Å². The van der Waals surface area contributed by atoms with Crippen LogP contribution in [-0.4, -0.2) is 12.6 Å². The third-order valence-corrected chi connectivity index (χ3v) is 4.00. The van der Waals surface area contributed by atoms with Crippen molar-refractivity contribution >= 4 is 0 Å². The Morgan fingerprint density at radius 2 is 1.29 bits per heavy atom. The Morgan fingerprint density at radius 1 is 0.765 bits per heavy atom. The Kier molecular flexibility index (Phi) is 12.4. The maximum Gasteiger partial charge on any atom is 0.00667 e. The molecule has 0 aromatic heterocycles. The lowest BCUT2D eigenvalue weighted by Crippen LogP contribution is -2.33. The van der Waals surface area contributed by atoms with Crippen molar-refractivity contribution in [3.05, 3.63) is 0 Å². The van der Waals surface area contributed by atoms with E-state index in [0.29, 0.717) is 6.04 Å². The third kappa shape index (κ3) is 9.64. The first kappa shape index (κ1) is 17.0. The summed E-state index contributed by atoms with van der Waals surface area (Å²) in [6.07, 6.45) is 12.5. The van der Waals surface area contributed by atoms with Gasteiger partial charge in [-0.25, -0.2) is 0 Å². The number of hydrogen-bond acceptors (Lipinski definition) is 1. The van der Waals surface area contributed by atoms with Crippen LogP contribution in [0.1, 0.15) is 85.5 Å². The topological polar surface area (TPSA) is 12.0 Å². The summed E-state index contributed by atoms with van der Waals surface area (Å²) in [4.78, 5) is 0. The van der Waals surface area contributed by atoms with E-state index in [0.717, 1.165) is 5.92 Å². The van der Waals surface area contributed by atoms with Gasteiger partial charge in [-0.05, 0) is 25.8 Å². The summed E-state index contributed by atoms with van der Waals surface area (Å²) in [5, 5.41) is 3.69. The average Bonchev–Trinajstić information content (AvgIpc) is 2.34. The highest BCUT2D eigenvalue weighted by Crippen LogP contribution is 2.12. The van der Waals surface area contributed by atoms with E-state index in [1.54, 1.807) is 0 Å². The summed E-state index contributed by atoms with van der Waals surface area (Å²) in [6.45, 7) is 10.5. The van der Waals surface area contributed by atoms with Crippen LogP contribution in [0.15, 0.2) is 0 Å². The second-order valence-corrected chi connectivity index (χ2v) is 5.44. The van der Waals surface area contributed by atoms with Gasteiger partial charge in [0.25, 0.3) is 0 Å². The summed E-state index contributed by atoms with van der Waals surface area (Å²) in [5.74, 6) is 0.861. The molecule has 1 atom stereocenters. The fourth-order valence-electron chi connectivity index (χ4n) is 2.57. The van der Waals surface area contributed by atoms with Gasteiger partial charge in [0.1, 0.15) is 0 Å². The zero-order valence-corrected chi connectivity index (χ0v) is 12.7. The molecule has 104 valence electrons. The number of hydrogen-bond donors (Lipinski definition) is 1. The molecule has 0 spiro atoms. The highest BCUT2D eigenvalue weighted by atomic mass is 14.9. The lowest BCUT2D eigenvalue weighted by molar-refractivity contribution is 0.351. The fourth-order valence-corrected chi connectivity index (χ4v) is 2.57. The fraction of sp³-hybridized carbons (Fsp3) is 1.00. The first-order valence-corrected chi connectivity index (χ1v) is 7.99. The summed E-state index contributed by atoms with van der Waals surface area (Å²) in [6, 6.07) is 0.699. The van der Waals surface area contributed by atoms with Crippen LogP contribution in [0.2, 0.25) is 0 Å². The zero-order chi connectivity index (χ0) is 12.9. The van der Waals surface area contributed by atoms with Gasteiger partial charge < -0.3 is 5.32 Å². The summed E-state index contributed by atoms with van der Waals surface area (Å²) >= 11 is 0. The van der Waals surface area contributed by atoms with Crippen LogP contribution in [0.25, 0.3) is 0 Å². The molecule has 0 bridgehead atoms. The maximum atomic E-state index is 3.69. The van der Waals surface area contributed by atoms with Crippen LogP contribution < -0.4 is 5.32 Å². The monoisotopic (exact) mass is 241 g/mol. The van der Waals surface area contributed by atoms with Gasteiger partial charge in [-0.1, -0.05) is 72.1 Å². The second kappa shape index (κ2) is 12.4. The SMILES string of the molecule is CCCCCCCCCNC(C)C(CC)CC. The highest BCUT2D eigenvalue weighted by Gasteiger charge is 2.11. The second-order valence-electron chi connectivity index (χ2n) is 5.44. The van der Waals surface area contributed by atoms with Crippen LogP contribution >= 0.6 is 0 Å². The van der Waals surface area contributed by atoms with Gasteiger partial charge in [0.2, 0.25) is 0 Å². The molecule has 0 saturated heterocycles. The van der Waals surface area contributed by atoms with E-state index in [4.69, 9.17) is 0 Å². The van der Waals surface area contributed by atoms with E-state index in [1.807, 2.05) is 0 Å². The van der Waals surface area contributed by atoms with Crippen LogP contribution in [0, 0.1) is 5.92 Å². The largest absolute Gasteiger partial charge is 0.314 e. The molecule has 0 radical (unpaired) electrons. The highest BCUT2D eigenvalue weighted by molar-refractivity contribution is 4.69. The molecule has 1 nitrogen and oxygen atoms in total. The Bertz CT molecular complexity index is 140. The first-order valence-electron chi connectivity index (χ1n) is 7.99. The molecule has 1 unspecified atom stereocenters. The quantitative estimate of drug-likeness (QED) is 0.466. The molecule has 1 N–H and O–H groups in total. The van der Waals surface area contributed by atoms with Crippen molar-refractivity contribution in [3.8, 4) is 0 Å². The molecule has 0 aliphatic heterocycles. The predicted molar refractivity (Wildman–Crippen MR) is 79.5 cm³/mol. The molecule has 0 aromatic rings. The molecular formula is C16H35N. The van der Waals surface area contributed by atoms with E-state index >= 15 is 0 Å². The van der Waals surface area contributed by atoms with Gasteiger partial charge in [0.15, 0.2) is 0 Å². The van der Waals surface area contributed by atoms with Gasteiger partial charge in [0.05, 0.1) is 0 Å². The van der Waals surface area contributed by atoms with Crippen molar-refractivity contribution in [1.29, 1.82) is 0 Å². The summed E-state index contributed by atoms with van der Waals surface area (Å²) in [7, 11) is 0. The van der Waals surface area contributed by atoms with Crippen molar-refractivity contribution in [2.45, 2.75) is 91.5 Å². The van der Waals surface area contributed by atoms with E-state index < -0.39 is 0 Å². The van der Waals surface area contributed by atoms with Crippen molar-refractivity contribution in [1.82, 2.24) is 5.32 Å². The molecule has 0 saturated carbocycles. The van der Waals surface area contributed by atoms with E-state index in [1.165, 1.54) is 64.3 Å². The van der Waals surface area contributed by atoms with E-state index in [9.17, 15) is 0 Å². The normalized spacial score (nSPS) is 13.2. The van der Waals surface area contributed by atoms with Crippen molar-refractivity contribution in [3.63, 3.8) is 0 Å². The first-order chi connectivity index (χ1) is 8.26. The lowest BCUT2D eigenvalue weighted by atomic mass is 9.95. The van der Waals surface area contributed by atoms with Gasteiger partial charge in [-0.2, -0.15) is 0 Å². The van der Waals surface area contributed by atoms with Crippen LogP contribution in [0.5, 0.6) is 0 Å². The third-order valence-electron chi connectivity index (χ3n) is 4.00. The van der Waals surface area contributed by atoms with Crippen LogP contribution in [0.3, 0.4) is 0 Å². The summed E-state index contributed by atoms with van der Waals surface area (Å²) in [5.41, 5.74) is 0. The molecule has 0 heterocycles.